The van der Waals surface area contributed by atoms with Gasteiger partial charge in [-0.2, -0.15) is 4.39 Å². The lowest BCUT2D eigenvalue weighted by atomic mass is 10.1. The largest absolute Gasteiger partial charge is 0.466 e. The van der Waals surface area contributed by atoms with E-state index in [9.17, 15) is 24.1 Å². The monoisotopic (exact) mass is 251 g/mol. The summed E-state index contributed by atoms with van der Waals surface area (Å²) in [6, 6.07) is 0. The lowest BCUT2D eigenvalue weighted by Gasteiger charge is -2.14. The number of carbonyl (C=O) groups is 2. The zero-order valence-electron chi connectivity index (χ0n) is 9.60. The molecule has 7 nitrogen and oxygen atoms in total. The molecule has 0 aliphatic heterocycles. The second kappa shape index (κ2) is 6.77. The minimum absolute atomic E-state index is 0.0794. The lowest BCUT2D eigenvalue weighted by molar-refractivity contribution is -0.590. The van der Waals surface area contributed by atoms with Crippen LogP contribution in [0.15, 0.2) is 0 Å². The van der Waals surface area contributed by atoms with Crippen LogP contribution in [-0.2, 0) is 19.1 Å². The highest BCUT2D eigenvalue weighted by Gasteiger charge is 2.53. The van der Waals surface area contributed by atoms with Gasteiger partial charge in [-0.1, -0.05) is 0 Å². The summed E-state index contributed by atoms with van der Waals surface area (Å²) >= 11 is 0. The summed E-state index contributed by atoms with van der Waals surface area (Å²) < 4.78 is 22.4. The van der Waals surface area contributed by atoms with Crippen LogP contribution in [0.25, 0.3) is 0 Å². The van der Waals surface area contributed by atoms with Crippen molar-refractivity contribution in [1.29, 1.82) is 0 Å². The van der Waals surface area contributed by atoms with Crippen molar-refractivity contribution in [2.75, 3.05) is 13.2 Å². The lowest BCUT2D eigenvalue weighted by Crippen LogP contribution is -2.43. The van der Waals surface area contributed by atoms with Gasteiger partial charge in [0, 0.05) is 0 Å². The van der Waals surface area contributed by atoms with E-state index >= 15 is 0 Å². The van der Waals surface area contributed by atoms with Gasteiger partial charge < -0.3 is 9.47 Å². The molecule has 0 aliphatic rings. The third kappa shape index (κ3) is 4.33. The van der Waals surface area contributed by atoms with Crippen LogP contribution in [-0.4, -0.2) is 35.9 Å². The van der Waals surface area contributed by atoms with Crippen LogP contribution in [0.5, 0.6) is 0 Å². The molecule has 0 N–H and O–H groups in total. The first-order chi connectivity index (χ1) is 7.88. The molecular weight excluding hydrogens is 237 g/mol. The maximum absolute atomic E-state index is 13.7. The van der Waals surface area contributed by atoms with E-state index in [-0.39, 0.29) is 13.2 Å². The van der Waals surface area contributed by atoms with Gasteiger partial charge in [-0.25, -0.2) is 4.79 Å². The molecule has 0 fully saturated rings. The summed E-state index contributed by atoms with van der Waals surface area (Å²) in [6.45, 7) is 2.83. The average molecular weight is 251 g/mol. The molecule has 0 saturated heterocycles. The fraction of sp³-hybridized carbons (Fsp3) is 0.778. The number of carbonyl (C=O) groups excluding carboxylic acids is 2. The highest BCUT2D eigenvalue weighted by molar-refractivity contribution is 5.78. The van der Waals surface area contributed by atoms with Crippen LogP contribution < -0.4 is 0 Å². The first-order valence-electron chi connectivity index (χ1n) is 5.04. The number of hydrogen-bond acceptors (Lipinski definition) is 6. The zero-order valence-corrected chi connectivity index (χ0v) is 9.60. The SMILES string of the molecule is CCOC(=O)CCC(F)(C(=O)OCC)[N+](=O)[O-]. The molecule has 0 heterocycles. The molecule has 0 amide bonds. The van der Waals surface area contributed by atoms with E-state index in [1.54, 1.807) is 6.92 Å². The molecule has 0 rings (SSSR count). The molecule has 0 aromatic heterocycles. The Morgan fingerprint density at radius 3 is 2.24 bits per heavy atom. The van der Waals surface area contributed by atoms with E-state index in [4.69, 9.17) is 0 Å². The van der Waals surface area contributed by atoms with Crippen LogP contribution in [0.2, 0.25) is 0 Å². The van der Waals surface area contributed by atoms with E-state index in [1.807, 2.05) is 0 Å². The number of rotatable bonds is 7. The van der Waals surface area contributed by atoms with E-state index in [2.05, 4.69) is 9.47 Å². The number of esters is 2. The Morgan fingerprint density at radius 1 is 1.29 bits per heavy atom. The van der Waals surface area contributed by atoms with Crippen molar-refractivity contribution >= 4 is 11.9 Å². The van der Waals surface area contributed by atoms with Crippen molar-refractivity contribution in [1.82, 2.24) is 0 Å². The van der Waals surface area contributed by atoms with Crippen LogP contribution in [0.1, 0.15) is 26.7 Å². The molecule has 0 radical (unpaired) electrons. The van der Waals surface area contributed by atoms with Gasteiger partial charge in [-0.05, 0) is 13.8 Å². The third-order valence-electron chi connectivity index (χ3n) is 1.84. The maximum Gasteiger partial charge on any atom is 0.454 e. The summed E-state index contributed by atoms with van der Waals surface area (Å²) in [5, 5.41) is 10.5. The highest BCUT2D eigenvalue weighted by atomic mass is 19.1. The summed E-state index contributed by atoms with van der Waals surface area (Å²) in [6.07, 6.45) is -1.47. The van der Waals surface area contributed by atoms with Gasteiger partial charge in [-0.3, -0.25) is 14.9 Å². The molecule has 0 saturated carbocycles. The quantitative estimate of drug-likeness (QED) is 0.288. The van der Waals surface area contributed by atoms with Gasteiger partial charge in [0.2, 0.25) is 0 Å². The second-order valence-corrected chi connectivity index (χ2v) is 3.04. The summed E-state index contributed by atoms with van der Waals surface area (Å²) in [7, 11) is 0. The van der Waals surface area contributed by atoms with Crippen molar-refractivity contribution in [3.05, 3.63) is 10.1 Å². The molecule has 8 heteroatoms. The fourth-order valence-corrected chi connectivity index (χ4v) is 1.01. The van der Waals surface area contributed by atoms with Gasteiger partial charge in [0.1, 0.15) is 0 Å². The van der Waals surface area contributed by atoms with Gasteiger partial charge in [0.15, 0.2) is 0 Å². The molecular formula is C9H14FNO6. The van der Waals surface area contributed by atoms with Crippen molar-refractivity contribution < 1.29 is 28.4 Å². The smallest absolute Gasteiger partial charge is 0.454 e. The average Bonchev–Trinajstić information content (AvgIpc) is 2.26. The first kappa shape index (κ1) is 15.3. The number of hydrogen-bond donors (Lipinski definition) is 0. The predicted octanol–water partition coefficient (Wildman–Crippen LogP) is 0.835. The zero-order chi connectivity index (χ0) is 13.5. The Balaban J connectivity index is 4.57. The topological polar surface area (TPSA) is 95.7 Å². The minimum atomic E-state index is -3.40. The van der Waals surface area contributed by atoms with Crippen molar-refractivity contribution in [2.24, 2.45) is 0 Å². The Bertz CT molecular complexity index is 308. The molecule has 0 spiro atoms. The third-order valence-corrected chi connectivity index (χ3v) is 1.84. The summed E-state index contributed by atoms with van der Waals surface area (Å²) in [5.74, 6) is -5.81. The number of nitrogens with zero attached hydrogens (tertiary/aromatic N) is 1. The molecule has 17 heavy (non-hydrogen) atoms. The Kier molecular flexibility index (Phi) is 6.08. The van der Waals surface area contributed by atoms with Crippen molar-refractivity contribution in [2.45, 2.75) is 32.5 Å². The van der Waals surface area contributed by atoms with Crippen LogP contribution in [0, 0.1) is 10.1 Å². The highest BCUT2D eigenvalue weighted by Crippen LogP contribution is 2.21. The van der Waals surface area contributed by atoms with E-state index in [1.165, 1.54) is 6.92 Å². The number of halogens is 1. The molecule has 0 aliphatic carbocycles. The van der Waals surface area contributed by atoms with E-state index < -0.39 is 35.5 Å². The molecule has 0 aromatic rings. The molecule has 1 atom stereocenters. The number of nitro groups is 1. The Morgan fingerprint density at radius 2 is 1.82 bits per heavy atom. The minimum Gasteiger partial charge on any atom is -0.466 e. The number of ether oxygens (including phenoxy) is 2. The van der Waals surface area contributed by atoms with E-state index in [0.717, 1.165) is 0 Å². The fourth-order valence-electron chi connectivity index (χ4n) is 1.01. The van der Waals surface area contributed by atoms with Crippen LogP contribution >= 0.6 is 0 Å². The maximum atomic E-state index is 13.7. The van der Waals surface area contributed by atoms with E-state index in [0.29, 0.717) is 0 Å². The second-order valence-electron chi connectivity index (χ2n) is 3.04. The number of alkyl halides is 1. The summed E-state index contributed by atoms with van der Waals surface area (Å²) in [4.78, 5) is 31.1. The van der Waals surface area contributed by atoms with Gasteiger partial charge >= 0.3 is 17.7 Å². The summed E-state index contributed by atoms with van der Waals surface area (Å²) in [5.41, 5.74) is 0. The standard InChI is InChI=1S/C9H14FNO6/c1-3-16-7(12)5-6-9(10,11(14)15)8(13)17-4-2/h3-6H2,1-2H3. The molecule has 0 aromatic carbocycles. The van der Waals surface area contributed by atoms with Crippen molar-refractivity contribution in [3.63, 3.8) is 0 Å². The first-order valence-corrected chi connectivity index (χ1v) is 5.04. The van der Waals surface area contributed by atoms with Crippen molar-refractivity contribution in [3.8, 4) is 0 Å². The normalized spacial score (nSPS) is 13.6. The van der Waals surface area contributed by atoms with Crippen LogP contribution in [0.4, 0.5) is 4.39 Å². The van der Waals surface area contributed by atoms with Gasteiger partial charge in [-0.15, -0.1) is 0 Å². The van der Waals surface area contributed by atoms with Gasteiger partial charge in [0.05, 0.1) is 31.0 Å². The Labute approximate surface area is 97.0 Å². The molecule has 0 bridgehead atoms. The Hall–Kier alpha value is -1.73. The van der Waals surface area contributed by atoms with Crippen LogP contribution in [0.3, 0.4) is 0 Å². The predicted molar refractivity (Wildman–Crippen MR) is 53.3 cm³/mol. The molecule has 98 valence electrons. The molecule has 1 unspecified atom stereocenters. The van der Waals surface area contributed by atoms with Gasteiger partial charge in [0.25, 0.3) is 0 Å².